The van der Waals surface area contributed by atoms with E-state index in [1.807, 2.05) is 19.1 Å². The smallest absolute Gasteiger partial charge is 0.687 e. The number of allylic oxidation sites excluding steroid dienone is 2. The Hall–Kier alpha value is 0.916. The molecule has 0 fully saturated rings. The largest absolute Gasteiger partial charge is 1.00 e. The molecule has 0 amide bonds. The van der Waals surface area contributed by atoms with Gasteiger partial charge < -0.3 is 5.32 Å². The molecule has 1 nitrogen and oxygen atoms in total. The molecule has 0 atom stereocenters. The maximum absolute atomic E-state index is 3.80. The van der Waals surface area contributed by atoms with Crippen molar-refractivity contribution < 1.29 is 51.4 Å². The second kappa shape index (κ2) is 7.92. The first kappa shape index (κ1) is 11.7. The zero-order chi connectivity index (χ0) is 5.70. The first-order chi connectivity index (χ1) is 3.31. The summed E-state index contributed by atoms with van der Waals surface area (Å²) >= 11 is 0. The Labute approximate surface area is 93.7 Å². The maximum Gasteiger partial charge on any atom is 1.00 e. The summed E-state index contributed by atoms with van der Waals surface area (Å²) in [4.78, 5) is 0. The van der Waals surface area contributed by atoms with Gasteiger partial charge in [0.05, 0.1) is 0 Å². The van der Waals surface area contributed by atoms with Crippen LogP contribution in [0.1, 0.15) is 6.92 Å². The van der Waals surface area contributed by atoms with E-state index >= 15 is 0 Å². The molecule has 0 N–H and O–H groups in total. The number of nitrogens with zero attached hydrogens (tertiary/aromatic N) is 1. The van der Waals surface area contributed by atoms with Crippen LogP contribution in [-0.2, 0) is 0 Å². The van der Waals surface area contributed by atoms with E-state index in [1.54, 1.807) is 7.05 Å². The van der Waals surface area contributed by atoms with E-state index < -0.39 is 0 Å². The first-order valence-electron chi connectivity index (χ1n) is 2.22. The van der Waals surface area contributed by atoms with E-state index in [4.69, 9.17) is 0 Å². The zero-order valence-corrected chi connectivity index (χ0v) is 8.93. The van der Waals surface area contributed by atoms with Crippen LogP contribution in [0.2, 0.25) is 0 Å². The van der Waals surface area contributed by atoms with Crippen molar-refractivity contribution in [1.29, 1.82) is 0 Å². The minimum atomic E-state index is 0. The molecule has 8 heavy (non-hydrogen) atoms. The molecule has 0 heterocycles. The average molecular weight is 135 g/mol. The molecular formula is C6H10KN. The van der Waals surface area contributed by atoms with Gasteiger partial charge in [0.1, 0.15) is 0 Å². The standard InChI is InChI=1S/C6H10N.K/c1-4-5-6(2)7-3;/h4-5H,2H2,1,3H3;/q-1;+1/b5-4-;. The molecule has 2 heteroatoms. The Kier molecular flexibility index (Phi) is 11.6. The maximum atomic E-state index is 3.80. The normalized spacial score (nSPS) is 8.25. The van der Waals surface area contributed by atoms with Crippen molar-refractivity contribution in [3.05, 3.63) is 29.7 Å². The number of hydrogen-bond donors (Lipinski definition) is 0. The molecule has 0 unspecified atom stereocenters. The summed E-state index contributed by atoms with van der Waals surface area (Å²) in [7, 11) is 1.72. The van der Waals surface area contributed by atoms with Crippen molar-refractivity contribution in [3.63, 3.8) is 0 Å². The van der Waals surface area contributed by atoms with Crippen LogP contribution < -0.4 is 51.4 Å². The molecule has 0 aromatic carbocycles. The van der Waals surface area contributed by atoms with Gasteiger partial charge in [-0.15, -0.1) is 19.3 Å². The van der Waals surface area contributed by atoms with Crippen LogP contribution in [0.3, 0.4) is 0 Å². The minimum absolute atomic E-state index is 0. The van der Waals surface area contributed by atoms with Gasteiger partial charge in [0.25, 0.3) is 0 Å². The van der Waals surface area contributed by atoms with Crippen molar-refractivity contribution in [2.24, 2.45) is 0 Å². The molecule has 0 aliphatic carbocycles. The van der Waals surface area contributed by atoms with Crippen LogP contribution in [0.4, 0.5) is 0 Å². The second-order valence-electron chi connectivity index (χ2n) is 1.21. The predicted octanol–water partition coefficient (Wildman–Crippen LogP) is -0.916. The molecule has 0 spiro atoms. The minimum Gasteiger partial charge on any atom is -0.687 e. The fourth-order valence-electron chi connectivity index (χ4n) is 0.267. The van der Waals surface area contributed by atoms with E-state index in [-0.39, 0.29) is 51.4 Å². The molecule has 0 saturated carbocycles. The Morgan fingerprint density at radius 1 is 1.62 bits per heavy atom. The van der Waals surface area contributed by atoms with Gasteiger partial charge in [0, 0.05) is 0 Å². The monoisotopic (exact) mass is 135 g/mol. The first-order valence-corrected chi connectivity index (χ1v) is 2.22. The fraction of sp³-hybridized carbons (Fsp3) is 0.333. The number of rotatable bonds is 2. The van der Waals surface area contributed by atoms with Crippen LogP contribution in [-0.4, -0.2) is 7.05 Å². The summed E-state index contributed by atoms with van der Waals surface area (Å²) in [6.07, 6.45) is 3.77. The molecule has 0 aliphatic rings. The van der Waals surface area contributed by atoms with Crippen LogP contribution >= 0.6 is 0 Å². The summed E-state index contributed by atoms with van der Waals surface area (Å²) in [5, 5.41) is 3.80. The van der Waals surface area contributed by atoms with Gasteiger partial charge in [0.15, 0.2) is 0 Å². The number of hydrogen-bond acceptors (Lipinski definition) is 0. The van der Waals surface area contributed by atoms with Gasteiger partial charge in [-0.1, -0.05) is 12.2 Å². The van der Waals surface area contributed by atoms with Gasteiger partial charge >= 0.3 is 51.4 Å². The van der Waals surface area contributed by atoms with Gasteiger partial charge in [-0.25, -0.2) is 0 Å². The quantitative estimate of drug-likeness (QED) is 0.343. The molecule has 0 rings (SSSR count). The van der Waals surface area contributed by atoms with Gasteiger partial charge in [-0.05, 0) is 6.92 Å². The van der Waals surface area contributed by atoms with Crippen molar-refractivity contribution in [2.45, 2.75) is 6.92 Å². The average Bonchev–Trinajstić information content (AvgIpc) is 1.68. The zero-order valence-electron chi connectivity index (χ0n) is 5.81. The second-order valence-corrected chi connectivity index (χ2v) is 1.21. The summed E-state index contributed by atoms with van der Waals surface area (Å²) in [6.45, 7) is 5.55. The van der Waals surface area contributed by atoms with Crippen molar-refractivity contribution in [1.82, 2.24) is 0 Å². The molecule has 0 aliphatic heterocycles. The molecule has 0 radical (unpaired) electrons. The molecule has 40 valence electrons. The van der Waals surface area contributed by atoms with Crippen LogP contribution in [0.25, 0.3) is 5.32 Å². The molecule has 0 saturated heterocycles. The Balaban J connectivity index is 0. The van der Waals surface area contributed by atoms with Crippen LogP contribution in [0.15, 0.2) is 24.4 Å². The van der Waals surface area contributed by atoms with Crippen LogP contribution in [0.5, 0.6) is 0 Å². The molecule has 0 aromatic rings. The third-order valence-electron chi connectivity index (χ3n) is 0.646. The predicted molar refractivity (Wildman–Crippen MR) is 33.2 cm³/mol. The van der Waals surface area contributed by atoms with Crippen molar-refractivity contribution >= 4 is 0 Å². The molecule has 0 bridgehead atoms. The van der Waals surface area contributed by atoms with Gasteiger partial charge in [-0.3, -0.25) is 0 Å². The molecule has 0 aromatic heterocycles. The van der Waals surface area contributed by atoms with E-state index in [9.17, 15) is 0 Å². The Bertz CT molecular complexity index is 86.5. The Morgan fingerprint density at radius 3 is 2.25 bits per heavy atom. The number of likely N-dealkylation sites (N-methyl/N-ethyl adjacent to an activating group) is 1. The third-order valence-corrected chi connectivity index (χ3v) is 0.646. The summed E-state index contributed by atoms with van der Waals surface area (Å²) < 4.78 is 0. The van der Waals surface area contributed by atoms with E-state index in [1.165, 1.54) is 0 Å². The van der Waals surface area contributed by atoms with Crippen LogP contribution in [0, 0.1) is 0 Å². The SMILES string of the molecule is C=C(/C=C\C)[N-]C.[K+]. The van der Waals surface area contributed by atoms with E-state index in [0.29, 0.717) is 0 Å². The van der Waals surface area contributed by atoms with E-state index in [2.05, 4.69) is 11.9 Å². The topological polar surface area (TPSA) is 14.1 Å². The summed E-state index contributed by atoms with van der Waals surface area (Å²) in [5.74, 6) is 0. The van der Waals surface area contributed by atoms with Crippen molar-refractivity contribution in [2.75, 3.05) is 7.05 Å². The third kappa shape index (κ3) is 6.92. The summed E-state index contributed by atoms with van der Waals surface area (Å²) in [5.41, 5.74) is 0.822. The van der Waals surface area contributed by atoms with Gasteiger partial charge in [-0.2, -0.15) is 0 Å². The van der Waals surface area contributed by atoms with Crippen molar-refractivity contribution in [3.8, 4) is 0 Å². The summed E-state index contributed by atoms with van der Waals surface area (Å²) in [6, 6.07) is 0. The van der Waals surface area contributed by atoms with E-state index in [0.717, 1.165) is 5.70 Å². The van der Waals surface area contributed by atoms with Gasteiger partial charge in [0.2, 0.25) is 0 Å². The molecular weight excluding hydrogens is 125 g/mol. The Morgan fingerprint density at radius 2 is 2.12 bits per heavy atom. The fourth-order valence-corrected chi connectivity index (χ4v) is 0.267.